The first-order valence-electron chi connectivity index (χ1n) is 8.86. The number of amides is 1. The lowest BCUT2D eigenvalue weighted by Gasteiger charge is -2.13. The first-order chi connectivity index (χ1) is 14.3. The molecule has 0 fully saturated rings. The van der Waals surface area contributed by atoms with Gasteiger partial charge in [0.25, 0.3) is 5.91 Å². The topological polar surface area (TPSA) is 78.3 Å². The number of alkyl halides is 3. The Labute approximate surface area is 170 Å². The fourth-order valence-corrected chi connectivity index (χ4v) is 2.87. The Morgan fingerprint density at radius 3 is 2.40 bits per heavy atom. The van der Waals surface area contributed by atoms with Gasteiger partial charge in [-0.2, -0.15) is 13.2 Å². The third kappa shape index (κ3) is 4.88. The molecule has 0 aliphatic heterocycles. The maximum Gasteiger partial charge on any atom is 0.416 e. The van der Waals surface area contributed by atoms with E-state index >= 15 is 0 Å². The summed E-state index contributed by atoms with van der Waals surface area (Å²) in [6.45, 7) is 0.178. The second-order valence-electron chi connectivity index (χ2n) is 6.32. The summed E-state index contributed by atoms with van der Waals surface area (Å²) in [6, 6.07) is 10.2. The van der Waals surface area contributed by atoms with Crippen LogP contribution < -0.4 is 14.8 Å². The number of hydrogen-bond acceptors (Lipinski definition) is 5. The van der Waals surface area contributed by atoms with Gasteiger partial charge in [-0.3, -0.25) is 4.79 Å². The number of aromatic nitrogens is 3. The summed E-state index contributed by atoms with van der Waals surface area (Å²) >= 11 is 0. The van der Waals surface area contributed by atoms with Crippen LogP contribution in [0, 0.1) is 0 Å². The van der Waals surface area contributed by atoms with Crippen molar-refractivity contribution in [3.05, 3.63) is 71.0 Å². The predicted molar refractivity (Wildman–Crippen MR) is 101 cm³/mol. The molecule has 1 heterocycles. The molecule has 0 radical (unpaired) electrons. The largest absolute Gasteiger partial charge is 0.496 e. The third-order valence-corrected chi connectivity index (χ3v) is 4.33. The highest BCUT2D eigenvalue weighted by Crippen LogP contribution is 2.30. The van der Waals surface area contributed by atoms with Crippen molar-refractivity contribution in [3.63, 3.8) is 0 Å². The SMILES string of the molecule is COc1cccc(OC)c1CNC(=O)c1cn(Cc2cccc(C(F)(F)F)c2)nn1. The average Bonchev–Trinajstić information content (AvgIpc) is 3.19. The van der Waals surface area contributed by atoms with E-state index in [2.05, 4.69) is 15.6 Å². The average molecular weight is 420 g/mol. The number of methoxy groups -OCH3 is 2. The van der Waals surface area contributed by atoms with Crippen LogP contribution in [-0.4, -0.2) is 35.1 Å². The lowest BCUT2D eigenvalue weighted by molar-refractivity contribution is -0.137. The van der Waals surface area contributed by atoms with E-state index in [9.17, 15) is 18.0 Å². The Balaban J connectivity index is 1.68. The molecule has 1 amide bonds. The lowest BCUT2D eigenvalue weighted by Crippen LogP contribution is -2.23. The minimum atomic E-state index is -4.43. The maximum atomic E-state index is 12.8. The second-order valence-corrected chi connectivity index (χ2v) is 6.32. The van der Waals surface area contributed by atoms with Crippen LogP contribution in [0.25, 0.3) is 0 Å². The van der Waals surface area contributed by atoms with Crippen LogP contribution in [0.2, 0.25) is 0 Å². The number of rotatable bonds is 7. The van der Waals surface area contributed by atoms with Gasteiger partial charge in [0.05, 0.1) is 44.6 Å². The molecule has 7 nitrogen and oxygen atoms in total. The molecular formula is C20H19F3N4O3. The van der Waals surface area contributed by atoms with Gasteiger partial charge in [0, 0.05) is 0 Å². The normalized spacial score (nSPS) is 11.2. The summed E-state index contributed by atoms with van der Waals surface area (Å²) < 4.78 is 50.4. The molecule has 0 saturated carbocycles. The smallest absolute Gasteiger partial charge is 0.416 e. The fourth-order valence-electron chi connectivity index (χ4n) is 2.87. The number of halogens is 3. The monoisotopic (exact) mass is 420 g/mol. The zero-order valence-electron chi connectivity index (χ0n) is 16.2. The fraction of sp³-hybridized carbons (Fsp3) is 0.250. The minimum Gasteiger partial charge on any atom is -0.496 e. The molecule has 3 aromatic rings. The van der Waals surface area contributed by atoms with Gasteiger partial charge in [-0.05, 0) is 29.8 Å². The highest BCUT2D eigenvalue weighted by molar-refractivity contribution is 5.91. The number of nitrogens with one attached hydrogen (secondary N) is 1. The zero-order valence-corrected chi connectivity index (χ0v) is 16.2. The van der Waals surface area contributed by atoms with Crippen LogP contribution in [0.3, 0.4) is 0 Å². The van der Waals surface area contributed by atoms with Crippen molar-refractivity contribution in [3.8, 4) is 11.5 Å². The molecule has 0 saturated heterocycles. The quantitative estimate of drug-likeness (QED) is 0.635. The standard InChI is InChI=1S/C20H19F3N4O3/c1-29-17-7-4-8-18(30-2)15(17)10-24-19(28)16-12-27(26-25-16)11-13-5-3-6-14(9-13)20(21,22)23/h3-9,12H,10-11H2,1-2H3,(H,24,28). The van der Waals surface area contributed by atoms with Crippen molar-refractivity contribution in [2.75, 3.05) is 14.2 Å². The molecule has 10 heteroatoms. The zero-order chi connectivity index (χ0) is 21.7. The van der Waals surface area contributed by atoms with E-state index in [4.69, 9.17) is 9.47 Å². The van der Waals surface area contributed by atoms with Crippen molar-refractivity contribution in [2.45, 2.75) is 19.3 Å². The molecule has 0 unspecified atom stereocenters. The highest BCUT2D eigenvalue weighted by atomic mass is 19.4. The van der Waals surface area contributed by atoms with E-state index in [0.717, 1.165) is 12.1 Å². The molecule has 0 spiro atoms. The summed E-state index contributed by atoms with van der Waals surface area (Å²) in [5.74, 6) is 0.629. The summed E-state index contributed by atoms with van der Waals surface area (Å²) in [5, 5.41) is 10.3. The molecule has 0 aliphatic carbocycles. The van der Waals surface area contributed by atoms with Gasteiger partial charge in [-0.1, -0.05) is 23.4 Å². The molecule has 1 aromatic heterocycles. The van der Waals surface area contributed by atoms with E-state index in [-0.39, 0.29) is 18.8 Å². The number of ether oxygens (including phenoxy) is 2. The van der Waals surface area contributed by atoms with Crippen molar-refractivity contribution in [1.29, 1.82) is 0 Å². The molecule has 0 atom stereocenters. The number of carbonyl (C=O) groups is 1. The number of hydrogen-bond donors (Lipinski definition) is 1. The van der Waals surface area contributed by atoms with Crippen LogP contribution in [0.5, 0.6) is 11.5 Å². The second kappa shape index (κ2) is 8.85. The summed E-state index contributed by atoms with van der Waals surface area (Å²) in [5.41, 5.74) is 0.340. The summed E-state index contributed by atoms with van der Waals surface area (Å²) in [4.78, 5) is 12.4. The first kappa shape index (κ1) is 21.2. The molecular weight excluding hydrogens is 401 g/mol. The number of benzene rings is 2. The van der Waals surface area contributed by atoms with Gasteiger partial charge in [0.1, 0.15) is 11.5 Å². The summed E-state index contributed by atoms with van der Waals surface area (Å²) in [7, 11) is 3.03. The van der Waals surface area contributed by atoms with Crippen molar-refractivity contribution in [1.82, 2.24) is 20.3 Å². The Kier molecular flexibility index (Phi) is 6.24. The first-order valence-corrected chi connectivity index (χ1v) is 8.86. The minimum absolute atomic E-state index is 0.0378. The van der Waals surface area contributed by atoms with Crippen molar-refractivity contribution < 1.29 is 27.4 Å². The Morgan fingerprint density at radius 2 is 1.77 bits per heavy atom. The van der Waals surface area contributed by atoms with Gasteiger partial charge in [0.15, 0.2) is 5.69 Å². The van der Waals surface area contributed by atoms with E-state index in [1.807, 2.05) is 0 Å². The third-order valence-electron chi connectivity index (χ3n) is 4.33. The van der Waals surface area contributed by atoms with E-state index in [1.165, 1.54) is 31.2 Å². The Hall–Kier alpha value is -3.56. The van der Waals surface area contributed by atoms with Gasteiger partial charge in [0.2, 0.25) is 0 Å². The van der Waals surface area contributed by atoms with Crippen molar-refractivity contribution >= 4 is 5.91 Å². The molecule has 2 aromatic carbocycles. The maximum absolute atomic E-state index is 12.8. The van der Waals surface area contributed by atoms with Gasteiger partial charge in [-0.15, -0.1) is 5.10 Å². The van der Waals surface area contributed by atoms with Crippen LogP contribution in [0.4, 0.5) is 13.2 Å². The van der Waals surface area contributed by atoms with E-state index in [1.54, 1.807) is 24.3 Å². The predicted octanol–water partition coefficient (Wildman–Crippen LogP) is 3.29. The van der Waals surface area contributed by atoms with E-state index in [0.29, 0.717) is 22.6 Å². The van der Waals surface area contributed by atoms with Crippen molar-refractivity contribution in [2.24, 2.45) is 0 Å². The molecule has 3 rings (SSSR count). The van der Waals surface area contributed by atoms with Crippen LogP contribution in [-0.2, 0) is 19.3 Å². The molecule has 1 N–H and O–H groups in total. The lowest BCUT2D eigenvalue weighted by atomic mass is 10.1. The molecule has 158 valence electrons. The van der Waals surface area contributed by atoms with Crippen LogP contribution in [0.1, 0.15) is 27.2 Å². The highest BCUT2D eigenvalue weighted by Gasteiger charge is 2.30. The number of carbonyl (C=O) groups excluding carboxylic acids is 1. The molecule has 30 heavy (non-hydrogen) atoms. The van der Waals surface area contributed by atoms with Gasteiger partial charge >= 0.3 is 6.18 Å². The Morgan fingerprint density at radius 1 is 1.10 bits per heavy atom. The molecule has 0 bridgehead atoms. The van der Waals surface area contributed by atoms with E-state index < -0.39 is 17.6 Å². The molecule has 0 aliphatic rings. The van der Waals surface area contributed by atoms with Crippen LogP contribution in [0.15, 0.2) is 48.7 Å². The number of nitrogens with zero attached hydrogens (tertiary/aromatic N) is 3. The summed E-state index contributed by atoms with van der Waals surface area (Å²) in [6.07, 6.45) is -3.06. The van der Waals surface area contributed by atoms with Crippen LogP contribution >= 0.6 is 0 Å². The van der Waals surface area contributed by atoms with Gasteiger partial charge in [-0.25, -0.2) is 4.68 Å². The Bertz CT molecular complexity index is 1010. The van der Waals surface area contributed by atoms with Gasteiger partial charge < -0.3 is 14.8 Å².